The number of hydrogen-bond acceptors (Lipinski definition) is 7. The van der Waals surface area contributed by atoms with Gasteiger partial charge in [-0.25, -0.2) is 13.8 Å². The number of Topliss-reactive ketones (excluding diaryl/α,β-unsaturated/α-hetero) is 1. The monoisotopic (exact) mass is 527 g/mol. The molecule has 0 saturated heterocycles. The van der Waals surface area contributed by atoms with Crippen molar-refractivity contribution in [1.82, 2.24) is 4.98 Å². The molecule has 2 N–H and O–H groups in total. The fourth-order valence-corrected chi connectivity index (χ4v) is 5.04. The predicted octanol–water partition coefficient (Wildman–Crippen LogP) is 5.38. The average Bonchev–Trinajstić information content (AvgIpc) is 3.30. The van der Waals surface area contributed by atoms with E-state index in [1.165, 1.54) is 11.3 Å². The molecule has 0 saturated carbocycles. The number of halogens is 2. The standard InChI is InChI=1S/C27H39F2NO5S/c1-16-7-6-8-19(13-28)9-10-21(17(2)11-20-15-36-23(14-29)30-20)35-24(32)12-22(31)27(4,5)26(34)18(3)25(16)33/h9,11,15-16,18,21-22,25,31,33H,6-8,10,12-14H2,1-5H3/t16-,18+,21-,22-,25-/m0/s1. The molecule has 0 fully saturated rings. The Morgan fingerprint density at radius 3 is 2.56 bits per heavy atom. The molecule has 202 valence electrons. The minimum Gasteiger partial charge on any atom is -0.457 e. The number of aliphatic hydroxyl groups excluding tert-OH is 2. The number of ketones is 1. The van der Waals surface area contributed by atoms with Crippen LogP contribution in [0.2, 0.25) is 0 Å². The van der Waals surface area contributed by atoms with Crippen LogP contribution in [0.15, 0.2) is 22.6 Å². The third kappa shape index (κ3) is 8.02. The van der Waals surface area contributed by atoms with E-state index in [0.29, 0.717) is 41.1 Å². The van der Waals surface area contributed by atoms with E-state index in [-0.39, 0.29) is 18.1 Å². The van der Waals surface area contributed by atoms with E-state index >= 15 is 0 Å². The summed E-state index contributed by atoms with van der Waals surface area (Å²) in [6, 6.07) is 0. The first-order valence-electron chi connectivity index (χ1n) is 12.4. The van der Waals surface area contributed by atoms with Crippen LogP contribution in [-0.2, 0) is 21.0 Å². The van der Waals surface area contributed by atoms with Crippen LogP contribution in [0.1, 0.15) is 77.4 Å². The molecular weight excluding hydrogens is 488 g/mol. The average molecular weight is 528 g/mol. The Morgan fingerprint density at radius 2 is 1.94 bits per heavy atom. The number of cyclic esters (lactones) is 1. The van der Waals surface area contributed by atoms with E-state index in [1.807, 2.05) is 6.92 Å². The van der Waals surface area contributed by atoms with Gasteiger partial charge in [0.15, 0.2) is 0 Å². The summed E-state index contributed by atoms with van der Waals surface area (Å²) < 4.78 is 32.3. The molecule has 5 atom stereocenters. The summed E-state index contributed by atoms with van der Waals surface area (Å²) in [5.74, 6) is -1.97. The van der Waals surface area contributed by atoms with Crippen molar-refractivity contribution in [2.45, 2.75) is 91.7 Å². The molecule has 2 rings (SSSR count). The fraction of sp³-hybridized carbons (Fsp3) is 0.667. The molecule has 0 bridgehead atoms. The van der Waals surface area contributed by atoms with E-state index in [2.05, 4.69) is 4.98 Å². The van der Waals surface area contributed by atoms with Crippen molar-refractivity contribution in [3.8, 4) is 0 Å². The number of aromatic nitrogens is 1. The molecule has 9 heteroatoms. The van der Waals surface area contributed by atoms with Gasteiger partial charge in [-0.3, -0.25) is 9.59 Å². The smallest absolute Gasteiger partial charge is 0.309 e. The quantitative estimate of drug-likeness (QED) is 0.403. The van der Waals surface area contributed by atoms with E-state index in [9.17, 15) is 28.6 Å². The number of thiazole rings is 1. The van der Waals surface area contributed by atoms with Gasteiger partial charge < -0.3 is 14.9 Å². The third-order valence-electron chi connectivity index (χ3n) is 7.13. The minimum atomic E-state index is -1.32. The van der Waals surface area contributed by atoms with Crippen LogP contribution in [0, 0.1) is 17.3 Å². The third-order valence-corrected chi connectivity index (χ3v) is 7.96. The molecule has 1 aliphatic rings. The number of rotatable bonds is 4. The summed E-state index contributed by atoms with van der Waals surface area (Å²) >= 11 is 1.19. The van der Waals surface area contributed by atoms with Crippen molar-refractivity contribution in [1.29, 1.82) is 0 Å². The first kappa shape index (κ1) is 30.3. The maximum Gasteiger partial charge on any atom is 0.309 e. The second-order valence-corrected chi connectivity index (χ2v) is 11.3. The van der Waals surface area contributed by atoms with Gasteiger partial charge in [-0.2, -0.15) is 0 Å². The number of carbonyl (C=O) groups is 2. The Hall–Kier alpha value is -1.97. The molecule has 1 aromatic rings. The lowest BCUT2D eigenvalue weighted by molar-refractivity contribution is -0.154. The maximum absolute atomic E-state index is 13.7. The molecule has 1 aliphatic heterocycles. The van der Waals surface area contributed by atoms with Gasteiger partial charge in [0.25, 0.3) is 0 Å². The summed E-state index contributed by atoms with van der Waals surface area (Å²) in [4.78, 5) is 30.2. The van der Waals surface area contributed by atoms with Crippen LogP contribution in [0.5, 0.6) is 0 Å². The molecule has 0 radical (unpaired) electrons. The molecule has 0 amide bonds. The lowest BCUT2D eigenvalue weighted by atomic mass is 9.73. The van der Waals surface area contributed by atoms with E-state index in [1.54, 1.807) is 45.2 Å². The summed E-state index contributed by atoms with van der Waals surface area (Å²) in [7, 11) is 0. The van der Waals surface area contributed by atoms with Gasteiger partial charge in [0.05, 0.1) is 29.7 Å². The molecule has 1 aromatic heterocycles. The van der Waals surface area contributed by atoms with Crippen LogP contribution in [0.25, 0.3) is 6.08 Å². The van der Waals surface area contributed by atoms with Crippen molar-refractivity contribution in [2.75, 3.05) is 6.67 Å². The zero-order chi connectivity index (χ0) is 27.0. The van der Waals surface area contributed by atoms with Crippen LogP contribution in [0.3, 0.4) is 0 Å². The Balaban J connectivity index is 2.37. The van der Waals surface area contributed by atoms with Crippen molar-refractivity contribution >= 4 is 29.2 Å². The molecule has 36 heavy (non-hydrogen) atoms. The highest BCUT2D eigenvalue weighted by atomic mass is 32.1. The molecule has 0 aliphatic carbocycles. The van der Waals surface area contributed by atoms with E-state index in [0.717, 1.165) is 0 Å². The highest BCUT2D eigenvalue weighted by molar-refractivity contribution is 7.09. The number of alkyl halides is 2. The van der Waals surface area contributed by atoms with Gasteiger partial charge in [0, 0.05) is 17.7 Å². The lowest BCUT2D eigenvalue weighted by Crippen LogP contribution is -2.45. The van der Waals surface area contributed by atoms with E-state index in [4.69, 9.17) is 4.74 Å². The predicted molar refractivity (Wildman–Crippen MR) is 137 cm³/mol. The number of ether oxygens (including phenoxy) is 1. The SMILES string of the molecule is CC(=Cc1csc(CF)n1)[C@@H]1CC=C(CF)CCC[C@H](C)[C@H](O)[C@@H](C)C(=O)C(C)(C)[C@@H](O)CC(=O)O1. The van der Waals surface area contributed by atoms with Crippen molar-refractivity contribution < 1.29 is 33.3 Å². The Labute approximate surface area is 216 Å². The first-order valence-corrected chi connectivity index (χ1v) is 13.3. The molecule has 6 nitrogen and oxygen atoms in total. The van der Waals surface area contributed by atoms with Crippen molar-refractivity contribution in [2.24, 2.45) is 17.3 Å². The van der Waals surface area contributed by atoms with Gasteiger partial charge in [-0.15, -0.1) is 11.3 Å². The molecule has 0 aromatic carbocycles. The van der Waals surface area contributed by atoms with E-state index < -0.39 is 55.4 Å². The molecule has 0 spiro atoms. The number of nitrogens with zero attached hydrogens (tertiary/aromatic N) is 1. The second kappa shape index (κ2) is 13.5. The van der Waals surface area contributed by atoms with Crippen LogP contribution < -0.4 is 0 Å². The second-order valence-electron chi connectivity index (χ2n) is 10.4. The zero-order valence-corrected chi connectivity index (χ0v) is 22.6. The minimum absolute atomic E-state index is 0.194. The summed E-state index contributed by atoms with van der Waals surface area (Å²) in [5, 5.41) is 23.6. The highest BCUT2D eigenvalue weighted by Gasteiger charge is 2.42. The number of hydrogen-bond donors (Lipinski definition) is 2. The van der Waals surface area contributed by atoms with Crippen molar-refractivity contribution in [3.05, 3.63) is 33.3 Å². The zero-order valence-electron chi connectivity index (χ0n) is 21.8. The summed E-state index contributed by atoms with van der Waals surface area (Å²) in [5.41, 5.74) is 0.471. The van der Waals surface area contributed by atoms with Crippen LogP contribution >= 0.6 is 11.3 Å². The van der Waals surface area contributed by atoms with Gasteiger partial charge in [-0.1, -0.05) is 33.8 Å². The molecule has 2 heterocycles. The van der Waals surface area contributed by atoms with Crippen molar-refractivity contribution in [3.63, 3.8) is 0 Å². The Morgan fingerprint density at radius 1 is 1.25 bits per heavy atom. The number of allylic oxidation sites excluding steroid dienone is 1. The highest BCUT2D eigenvalue weighted by Crippen LogP contribution is 2.32. The van der Waals surface area contributed by atoms with Crippen LogP contribution in [0.4, 0.5) is 8.78 Å². The number of aliphatic hydroxyl groups is 2. The lowest BCUT2D eigenvalue weighted by Gasteiger charge is -2.34. The Bertz CT molecular complexity index is 958. The summed E-state index contributed by atoms with van der Waals surface area (Å²) in [6.45, 7) is 7.05. The maximum atomic E-state index is 13.7. The van der Waals surface area contributed by atoms with Crippen LogP contribution in [-0.4, -0.2) is 51.9 Å². The van der Waals surface area contributed by atoms with Gasteiger partial charge in [-0.05, 0) is 49.3 Å². The summed E-state index contributed by atoms with van der Waals surface area (Å²) in [6.07, 6.45) is 1.98. The van der Waals surface area contributed by atoms with Gasteiger partial charge >= 0.3 is 5.97 Å². The normalized spacial score (nSPS) is 29.5. The Kier molecular flexibility index (Phi) is 11.4. The first-order chi connectivity index (χ1) is 16.9. The van der Waals surface area contributed by atoms with Gasteiger partial charge in [0.1, 0.15) is 30.2 Å². The number of carbonyl (C=O) groups excluding carboxylic acids is 2. The largest absolute Gasteiger partial charge is 0.457 e. The molecule has 0 unspecified atom stereocenters. The fourth-order valence-electron chi connectivity index (χ4n) is 4.44. The van der Waals surface area contributed by atoms with Gasteiger partial charge in [0.2, 0.25) is 0 Å². The molecular formula is C27H39F2NO5S. The topological polar surface area (TPSA) is 96.7 Å². The number of esters is 1.